The summed E-state index contributed by atoms with van der Waals surface area (Å²) in [5.41, 5.74) is 0. The van der Waals surface area contributed by atoms with Crippen LogP contribution in [0.4, 0.5) is 4.79 Å². The molecule has 108 valence electrons. The Balaban J connectivity index is 2.15. The Labute approximate surface area is 113 Å². The molecule has 0 saturated carbocycles. The highest BCUT2D eigenvalue weighted by Crippen LogP contribution is 2.27. The molecule has 2 fully saturated rings. The lowest BCUT2D eigenvalue weighted by Gasteiger charge is -2.41. The molecule has 2 aliphatic rings. The predicted octanol–water partition coefficient (Wildman–Crippen LogP) is 0.889. The summed E-state index contributed by atoms with van der Waals surface area (Å²) in [5.74, 6) is -1.04. The van der Waals surface area contributed by atoms with E-state index in [1.165, 1.54) is 4.90 Å². The third-order valence-corrected chi connectivity index (χ3v) is 4.22. The number of aliphatic carboxylic acids is 1. The second-order valence-corrected chi connectivity index (χ2v) is 5.71. The lowest BCUT2D eigenvalue weighted by Crippen LogP contribution is -2.55. The van der Waals surface area contributed by atoms with Gasteiger partial charge in [0.05, 0.1) is 6.10 Å². The zero-order valence-electron chi connectivity index (χ0n) is 11.5. The minimum atomic E-state index is -1.04. The van der Waals surface area contributed by atoms with Crippen molar-refractivity contribution in [1.82, 2.24) is 9.80 Å². The summed E-state index contributed by atoms with van der Waals surface area (Å²) < 4.78 is 0. The summed E-state index contributed by atoms with van der Waals surface area (Å²) in [6.45, 7) is 4.11. The van der Waals surface area contributed by atoms with Gasteiger partial charge in [0, 0.05) is 25.0 Å². The van der Waals surface area contributed by atoms with E-state index in [0.717, 1.165) is 19.3 Å². The first-order valence-electron chi connectivity index (χ1n) is 6.91. The number of piperidine rings is 1. The highest BCUT2D eigenvalue weighted by molar-refractivity contribution is 5.84. The number of aliphatic hydroxyl groups is 1. The molecule has 2 heterocycles. The molecule has 2 unspecified atom stereocenters. The monoisotopic (exact) mass is 270 g/mol. The summed E-state index contributed by atoms with van der Waals surface area (Å²) in [6, 6.07) is -0.889. The lowest BCUT2D eigenvalue weighted by molar-refractivity contribution is -0.141. The minimum Gasteiger partial charge on any atom is -0.480 e. The van der Waals surface area contributed by atoms with Crippen molar-refractivity contribution >= 4 is 12.0 Å². The molecule has 2 saturated heterocycles. The van der Waals surface area contributed by atoms with Gasteiger partial charge in [-0.2, -0.15) is 0 Å². The Morgan fingerprint density at radius 2 is 1.74 bits per heavy atom. The molecule has 0 aromatic rings. The molecule has 0 aliphatic carbocycles. The molecule has 6 nitrogen and oxygen atoms in total. The average molecular weight is 270 g/mol. The number of urea groups is 1. The molecule has 0 bridgehead atoms. The second-order valence-electron chi connectivity index (χ2n) is 5.71. The largest absolute Gasteiger partial charge is 0.480 e. The third-order valence-electron chi connectivity index (χ3n) is 4.22. The van der Waals surface area contributed by atoms with Gasteiger partial charge in [-0.3, -0.25) is 0 Å². The van der Waals surface area contributed by atoms with E-state index in [9.17, 15) is 14.7 Å². The number of likely N-dealkylation sites (tertiary alicyclic amines) is 2. The van der Waals surface area contributed by atoms with Crippen LogP contribution in [0.15, 0.2) is 0 Å². The highest BCUT2D eigenvalue weighted by atomic mass is 16.4. The van der Waals surface area contributed by atoms with Crippen LogP contribution < -0.4 is 0 Å². The molecule has 4 atom stereocenters. The third kappa shape index (κ3) is 2.68. The van der Waals surface area contributed by atoms with Gasteiger partial charge in [-0.05, 0) is 33.1 Å². The summed E-state index contributed by atoms with van der Waals surface area (Å²) >= 11 is 0. The molecule has 0 aromatic heterocycles. The van der Waals surface area contributed by atoms with Crippen LogP contribution in [-0.2, 0) is 4.79 Å². The zero-order valence-corrected chi connectivity index (χ0v) is 11.5. The standard InChI is InChI=1S/C13H22N2O4/c1-8-4-3-5-9(2)15(8)13(19)14-7-10(16)6-11(14)12(17)18/h8-11,16H,3-7H2,1-2H3,(H,17,18)/t8?,9?,10-,11+/m1/s1. The quantitative estimate of drug-likeness (QED) is 0.741. The van der Waals surface area contributed by atoms with Gasteiger partial charge in [-0.15, -0.1) is 0 Å². The number of carboxylic acid groups (broad SMARTS) is 1. The van der Waals surface area contributed by atoms with Gasteiger partial charge in [-0.25, -0.2) is 9.59 Å². The van der Waals surface area contributed by atoms with Crippen LogP contribution in [0.3, 0.4) is 0 Å². The van der Waals surface area contributed by atoms with E-state index < -0.39 is 18.1 Å². The molecule has 0 aromatic carbocycles. The van der Waals surface area contributed by atoms with Crippen LogP contribution >= 0.6 is 0 Å². The number of carbonyl (C=O) groups is 2. The number of carboxylic acids is 1. The van der Waals surface area contributed by atoms with Crippen LogP contribution in [-0.4, -0.2) is 62.8 Å². The van der Waals surface area contributed by atoms with E-state index in [1.54, 1.807) is 4.90 Å². The summed E-state index contributed by atoms with van der Waals surface area (Å²) in [5, 5.41) is 18.8. The van der Waals surface area contributed by atoms with Gasteiger partial charge in [-0.1, -0.05) is 0 Å². The van der Waals surface area contributed by atoms with Crippen LogP contribution in [0.1, 0.15) is 39.5 Å². The van der Waals surface area contributed by atoms with Crippen LogP contribution in [0, 0.1) is 0 Å². The Morgan fingerprint density at radius 3 is 2.26 bits per heavy atom. The molecule has 2 amide bonds. The van der Waals surface area contributed by atoms with Crippen LogP contribution in [0.25, 0.3) is 0 Å². The number of hydrogen-bond donors (Lipinski definition) is 2. The first-order valence-corrected chi connectivity index (χ1v) is 6.91. The average Bonchev–Trinajstić information content (AvgIpc) is 2.71. The molecular formula is C13H22N2O4. The van der Waals surface area contributed by atoms with Crippen molar-refractivity contribution in [2.75, 3.05) is 6.54 Å². The topological polar surface area (TPSA) is 81.1 Å². The van der Waals surface area contributed by atoms with Crippen molar-refractivity contribution in [1.29, 1.82) is 0 Å². The minimum absolute atomic E-state index is 0.117. The Kier molecular flexibility index (Phi) is 3.99. The fourth-order valence-electron chi connectivity index (χ4n) is 3.21. The SMILES string of the molecule is CC1CCCC(C)N1C(=O)N1C[C@H](O)C[C@H]1C(=O)O. The van der Waals surface area contributed by atoms with Gasteiger partial charge in [0.2, 0.25) is 0 Å². The maximum absolute atomic E-state index is 12.6. The molecule has 19 heavy (non-hydrogen) atoms. The fraction of sp³-hybridized carbons (Fsp3) is 0.846. The van der Waals surface area contributed by atoms with Crippen molar-refractivity contribution in [3.05, 3.63) is 0 Å². The number of nitrogens with zero attached hydrogens (tertiary/aromatic N) is 2. The summed E-state index contributed by atoms with van der Waals surface area (Å²) in [7, 11) is 0. The van der Waals surface area contributed by atoms with Gasteiger partial charge in [0.15, 0.2) is 0 Å². The van der Waals surface area contributed by atoms with E-state index in [1.807, 2.05) is 13.8 Å². The normalized spacial score (nSPS) is 35.5. The van der Waals surface area contributed by atoms with Crippen molar-refractivity contribution < 1.29 is 19.8 Å². The molecule has 2 rings (SSSR count). The fourth-order valence-corrected chi connectivity index (χ4v) is 3.21. The van der Waals surface area contributed by atoms with Gasteiger partial charge < -0.3 is 20.0 Å². The molecular weight excluding hydrogens is 248 g/mol. The number of carbonyl (C=O) groups excluding carboxylic acids is 1. The van der Waals surface area contributed by atoms with E-state index in [4.69, 9.17) is 5.11 Å². The predicted molar refractivity (Wildman–Crippen MR) is 68.8 cm³/mol. The molecule has 0 spiro atoms. The van der Waals surface area contributed by atoms with E-state index in [2.05, 4.69) is 0 Å². The molecule has 2 N–H and O–H groups in total. The number of amides is 2. The van der Waals surface area contributed by atoms with Crippen LogP contribution in [0.5, 0.6) is 0 Å². The van der Waals surface area contributed by atoms with Crippen molar-refractivity contribution in [3.63, 3.8) is 0 Å². The van der Waals surface area contributed by atoms with Crippen molar-refractivity contribution in [3.8, 4) is 0 Å². The van der Waals surface area contributed by atoms with Crippen molar-refractivity contribution in [2.45, 2.75) is 63.8 Å². The van der Waals surface area contributed by atoms with Crippen molar-refractivity contribution in [2.24, 2.45) is 0 Å². The first kappa shape index (κ1) is 14.1. The number of aliphatic hydroxyl groups excluding tert-OH is 1. The first-order chi connectivity index (χ1) is 8.91. The van der Waals surface area contributed by atoms with E-state index >= 15 is 0 Å². The van der Waals surface area contributed by atoms with E-state index in [-0.39, 0.29) is 31.1 Å². The second kappa shape index (κ2) is 5.36. The maximum Gasteiger partial charge on any atom is 0.326 e. The molecule has 0 radical (unpaired) electrons. The number of hydrogen-bond acceptors (Lipinski definition) is 3. The molecule has 6 heteroatoms. The summed E-state index contributed by atoms with van der Waals surface area (Å²) in [6.07, 6.45) is 2.38. The maximum atomic E-state index is 12.6. The lowest BCUT2D eigenvalue weighted by atomic mass is 9.98. The summed E-state index contributed by atoms with van der Waals surface area (Å²) in [4.78, 5) is 26.8. The Hall–Kier alpha value is -1.30. The highest BCUT2D eigenvalue weighted by Gasteiger charge is 2.42. The Morgan fingerprint density at radius 1 is 1.16 bits per heavy atom. The number of rotatable bonds is 1. The van der Waals surface area contributed by atoms with Gasteiger partial charge >= 0.3 is 12.0 Å². The Bertz CT molecular complexity index is 364. The zero-order chi connectivity index (χ0) is 14.2. The van der Waals surface area contributed by atoms with Gasteiger partial charge in [0.1, 0.15) is 6.04 Å². The smallest absolute Gasteiger partial charge is 0.326 e. The van der Waals surface area contributed by atoms with Crippen LogP contribution in [0.2, 0.25) is 0 Å². The van der Waals surface area contributed by atoms with Gasteiger partial charge in [0.25, 0.3) is 0 Å². The molecule has 2 aliphatic heterocycles. The number of β-amino-alcohol motifs (C(OH)–C–C–N with tert-alkyl or cyclic N) is 1. The van der Waals surface area contributed by atoms with E-state index in [0.29, 0.717) is 0 Å².